The topological polar surface area (TPSA) is 37.8 Å². The van der Waals surface area contributed by atoms with E-state index in [-0.39, 0.29) is 18.0 Å². The Labute approximate surface area is 167 Å². The van der Waals surface area contributed by atoms with Gasteiger partial charge < -0.3 is 9.55 Å². The van der Waals surface area contributed by atoms with E-state index in [0.29, 0.717) is 22.4 Å². The molecule has 0 spiro atoms. The number of carbonyl (C=O) groups is 1. The van der Waals surface area contributed by atoms with E-state index in [4.69, 9.17) is 12.2 Å². The van der Waals surface area contributed by atoms with Gasteiger partial charge in [0.2, 0.25) is 0 Å². The summed E-state index contributed by atoms with van der Waals surface area (Å²) in [6.07, 6.45) is 0.161. The lowest BCUT2D eigenvalue weighted by atomic mass is 10.0. The van der Waals surface area contributed by atoms with E-state index in [1.165, 1.54) is 23.3 Å². The molecule has 28 heavy (non-hydrogen) atoms. The largest absolute Gasteiger partial charge is 0.331 e. The molecule has 0 saturated carbocycles. The molecular weight excluding hydrogens is 371 g/mol. The van der Waals surface area contributed by atoms with Gasteiger partial charge in [0.05, 0.1) is 17.6 Å². The van der Waals surface area contributed by atoms with Crippen molar-refractivity contribution in [1.82, 2.24) is 9.55 Å². The number of rotatable bonds is 5. The second-order valence-corrected chi connectivity index (χ2v) is 7.29. The molecule has 0 atom stereocenters. The Hall–Kier alpha value is -3.05. The molecule has 4 rings (SSSR count). The summed E-state index contributed by atoms with van der Waals surface area (Å²) in [4.78, 5) is 15.8. The fraction of sp³-hybridized carbons (Fsp3) is 0.130. The van der Waals surface area contributed by atoms with Gasteiger partial charge in [0.1, 0.15) is 5.82 Å². The van der Waals surface area contributed by atoms with Gasteiger partial charge in [-0.3, -0.25) is 4.79 Å². The molecule has 0 aliphatic heterocycles. The van der Waals surface area contributed by atoms with Gasteiger partial charge >= 0.3 is 0 Å². The van der Waals surface area contributed by atoms with Crippen molar-refractivity contribution in [2.45, 2.75) is 19.9 Å². The standard InChI is InChI=1S/C23H19FN2OS/c1-15-5-2-3-7-18(15)14-26-21-10-9-17(13-20(21)25-23(26)28)22(27)12-16-6-4-8-19(24)11-16/h2-11,13H,12,14H2,1H3,(H,25,28). The Morgan fingerprint density at radius 1 is 1.07 bits per heavy atom. The maximum Gasteiger partial charge on any atom is 0.178 e. The van der Waals surface area contributed by atoms with Gasteiger partial charge in [-0.2, -0.15) is 0 Å². The molecule has 3 aromatic carbocycles. The number of hydrogen-bond donors (Lipinski definition) is 1. The van der Waals surface area contributed by atoms with Gasteiger partial charge in [-0.05, 0) is 66.2 Å². The number of benzene rings is 3. The molecule has 1 aromatic heterocycles. The van der Waals surface area contributed by atoms with Crippen LogP contribution in [0.1, 0.15) is 27.0 Å². The zero-order valence-electron chi connectivity index (χ0n) is 15.4. The zero-order valence-corrected chi connectivity index (χ0v) is 16.2. The lowest BCUT2D eigenvalue weighted by Gasteiger charge is -2.08. The van der Waals surface area contributed by atoms with E-state index in [0.717, 1.165) is 11.0 Å². The number of ketones is 1. The van der Waals surface area contributed by atoms with Crippen molar-refractivity contribution in [3.05, 3.63) is 99.6 Å². The third-order valence-corrected chi connectivity index (χ3v) is 5.26. The van der Waals surface area contributed by atoms with Crippen LogP contribution in [0, 0.1) is 17.5 Å². The van der Waals surface area contributed by atoms with Gasteiger partial charge in [0, 0.05) is 12.0 Å². The Morgan fingerprint density at radius 3 is 2.68 bits per heavy atom. The van der Waals surface area contributed by atoms with Gasteiger partial charge in [0.25, 0.3) is 0 Å². The SMILES string of the molecule is Cc1ccccc1Cn1c(=S)[nH]c2cc(C(=O)Cc3cccc(F)c3)ccc21. The molecule has 4 aromatic rings. The highest BCUT2D eigenvalue weighted by Crippen LogP contribution is 2.20. The first-order chi connectivity index (χ1) is 13.5. The van der Waals surface area contributed by atoms with Crippen LogP contribution in [-0.4, -0.2) is 15.3 Å². The van der Waals surface area contributed by atoms with Gasteiger partial charge in [-0.25, -0.2) is 4.39 Å². The number of aryl methyl sites for hydroxylation is 1. The number of aromatic nitrogens is 2. The molecule has 3 nitrogen and oxygen atoms in total. The summed E-state index contributed by atoms with van der Waals surface area (Å²) >= 11 is 5.50. The molecular formula is C23H19FN2OS. The van der Waals surface area contributed by atoms with E-state index in [1.54, 1.807) is 18.2 Å². The summed E-state index contributed by atoms with van der Waals surface area (Å²) in [5, 5.41) is 0. The number of aromatic amines is 1. The molecule has 0 aliphatic rings. The molecule has 5 heteroatoms. The number of fused-ring (bicyclic) bond motifs is 1. The lowest BCUT2D eigenvalue weighted by Crippen LogP contribution is -2.04. The first kappa shape index (κ1) is 18.3. The Morgan fingerprint density at radius 2 is 1.89 bits per heavy atom. The smallest absolute Gasteiger partial charge is 0.178 e. The number of H-pyrrole nitrogens is 1. The predicted octanol–water partition coefficient (Wildman–Crippen LogP) is 5.62. The van der Waals surface area contributed by atoms with Crippen LogP contribution in [0.5, 0.6) is 0 Å². The Kier molecular flexibility index (Phi) is 4.92. The van der Waals surface area contributed by atoms with E-state index in [9.17, 15) is 9.18 Å². The number of halogens is 1. The number of nitrogens with one attached hydrogen (secondary N) is 1. The van der Waals surface area contributed by atoms with E-state index >= 15 is 0 Å². The lowest BCUT2D eigenvalue weighted by molar-refractivity contribution is 0.0993. The first-order valence-electron chi connectivity index (χ1n) is 9.06. The van der Waals surface area contributed by atoms with E-state index < -0.39 is 0 Å². The van der Waals surface area contributed by atoms with Crippen molar-refractivity contribution >= 4 is 29.0 Å². The maximum atomic E-state index is 13.4. The molecule has 0 unspecified atom stereocenters. The minimum atomic E-state index is -0.335. The third-order valence-electron chi connectivity index (χ3n) is 4.94. The third kappa shape index (κ3) is 3.66. The molecule has 0 saturated heterocycles. The van der Waals surface area contributed by atoms with E-state index in [2.05, 4.69) is 24.0 Å². The second-order valence-electron chi connectivity index (χ2n) is 6.90. The van der Waals surface area contributed by atoms with Crippen LogP contribution in [0.25, 0.3) is 11.0 Å². The molecule has 140 valence electrons. The van der Waals surface area contributed by atoms with Crippen molar-refractivity contribution in [2.24, 2.45) is 0 Å². The van der Waals surface area contributed by atoms with Crippen molar-refractivity contribution < 1.29 is 9.18 Å². The highest BCUT2D eigenvalue weighted by Gasteiger charge is 2.12. The second kappa shape index (κ2) is 7.52. The first-order valence-corrected chi connectivity index (χ1v) is 9.47. The normalized spacial score (nSPS) is 11.1. The van der Waals surface area contributed by atoms with Crippen molar-refractivity contribution in [2.75, 3.05) is 0 Å². The Bertz CT molecular complexity index is 1240. The molecule has 0 bridgehead atoms. The van der Waals surface area contributed by atoms with Crippen LogP contribution in [0.3, 0.4) is 0 Å². The maximum absolute atomic E-state index is 13.4. The highest BCUT2D eigenvalue weighted by atomic mass is 32.1. The summed E-state index contributed by atoms with van der Waals surface area (Å²) in [6, 6.07) is 19.9. The molecule has 1 N–H and O–H groups in total. The summed E-state index contributed by atoms with van der Waals surface area (Å²) in [6.45, 7) is 2.75. The number of carbonyl (C=O) groups excluding carboxylic acids is 1. The minimum Gasteiger partial charge on any atom is -0.331 e. The quantitative estimate of drug-likeness (QED) is 0.355. The summed E-state index contributed by atoms with van der Waals surface area (Å²) in [5.41, 5.74) is 5.43. The highest BCUT2D eigenvalue weighted by molar-refractivity contribution is 7.71. The molecule has 0 fully saturated rings. The summed E-state index contributed by atoms with van der Waals surface area (Å²) in [7, 11) is 0. The van der Waals surface area contributed by atoms with Gasteiger partial charge in [0.15, 0.2) is 10.6 Å². The van der Waals surface area contributed by atoms with Crippen LogP contribution < -0.4 is 0 Å². The van der Waals surface area contributed by atoms with Crippen molar-refractivity contribution in [3.63, 3.8) is 0 Å². The van der Waals surface area contributed by atoms with Crippen LogP contribution in [-0.2, 0) is 13.0 Å². The molecule has 1 heterocycles. The van der Waals surface area contributed by atoms with Crippen molar-refractivity contribution in [1.29, 1.82) is 0 Å². The molecule has 0 aliphatic carbocycles. The minimum absolute atomic E-state index is 0.0570. The number of hydrogen-bond acceptors (Lipinski definition) is 2. The van der Waals surface area contributed by atoms with Crippen molar-refractivity contribution in [3.8, 4) is 0 Å². The number of Topliss-reactive ketones (excluding diaryl/α,β-unsaturated/α-hetero) is 1. The average molecular weight is 390 g/mol. The van der Waals surface area contributed by atoms with Gasteiger partial charge in [-0.15, -0.1) is 0 Å². The summed E-state index contributed by atoms with van der Waals surface area (Å²) < 4.78 is 16.0. The number of imidazole rings is 1. The van der Waals surface area contributed by atoms with Crippen LogP contribution in [0.15, 0.2) is 66.7 Å². The van der Waals surface area contributed by atoms with Crippen LogP contribution in [0.2, 0.25) is 0 Å². The van der Waals surface area contributed by atoms with Crippen LogP contribution in [0.4, 0.5) is 4.39 Å². The average Bonchev–Trinajstić information content (AvgIpc) is 2.98. The summed E-state index contributed by atoms with van der Waals surface area (Å²) in [5.74, 6) is -0.392. The number of nitrogens with zero attached hydrogens (tertiary/aromatic N) is 1. The molecule has 0 amide bonds. The zero-order chi connectivity index (χ0) is 19.7. The van der Waals surface area contributed by atoms with Gasteiger partial charge in [-0.1, -0.05) is 36.4 Å². The Balaban J connectivity index is 1.64. The van der Waals surface area contributed by atoms with E-state index in [1.807, 2.05) is 28.8 Å². The van der Waals surface area contributed by atoms with Crippen LogP contribution >= 0.6 is 12.2 Å². The predicted molar refractivity (Wildman–Crippen MR) is 112 cm³/mol. The fourth-order valence-corrected chi connectivity index (χ4v) is 3.66. The fourth-order valence-electron chi connectivity index (χ4n) is 3.39. The monoisotopic (exact) mass is 390 g/mol. The molecule has 0 radical (unpaired) electrons.